The normalized spacial score (nSPS) is 14.3. The predicted octanol–water partition coefficient (Wildman–Crippen LogP) is 1.74. The third-order valence-electron chi connectivity index (χ3n) is 5.45. The van der Waals surface area contributed by atoms with Gasteiger partial charge in [-0.3, -0.25) is 24.0 Å². The van der Waals surface area contributed by atoms with Gasteiger partial charge in [0.05, 0.1) is 18.1 Å². The number of hydrogen-bond acceptors (Lipinski definition) is 9. The average molecular weight is 522 g/mol. The minimum Gasteiger partial charge on any atom is -0.468 e. The number of aromatic amines is 1. The van der Waals surface area contributed by atoms with E-state index in [2.05, 4.69) is 20.4 Å². The van der Waals surface area contributed by atoms with E-state index >= 15 is 0 Å². The number of H-pyrrole nitrogens is 1. The maximum absolute atomic E-state index is 13.5. The van der Waals surface area contributed by atoms with E-state index in [4.69, 9.17) is 16.3 Å². The van der Waals surface area contributed by atoms with Crippen molar-refractivity contribution in [1.29, 1.82) is 0 Å². The van der Waals surface area contributed by atoms with Gasteiger partial charge in [-0.05, 0) is 12.1 Å². The molecule has 37 heavy (non-hydrogen) atoms. The molecule has 11 nitrogen and oxygen atoms in total. The number of ketones is 2. The van der Waals surface area contributed by atoms with Gasteiger partial charge in [-0.1, -0.05) is 48.0 Å². The van der Waals surface area contributed by atoms with Crippen molar-refractivity contribution in [2.45, 2.75) is 5.92 Å². The van der Waals surface area contributed by atoms with Crippen LogP contribution in [0.1, 0.15) is 32.3 Å². The Kier molecular flexibility index (Phi) is 6.98. The smallest absolute Gasteiger partial charge is 0.321 e. The second-order valence-electron chi connectivity index (χ2n) is 8.10. The number of carbonyl (C=O) groups is 4. The summed E-state index contributed by atoms with van der Waals surface area (Å²) in [4.78, 5) is 72.0. The van der Waals surface area contributed by atoms with Crippen molar-refractivity contribution < 1.29 is 23.9 Å². The number of aromatic nitrogens is 2. The van der Waals surface area contributed by atoms with Gasteiger partial charge in [-0.2, -0.15) is 5.10 Å². The number of allylic oxidation sites excluding steroid dienone is 2. The van der Waals surface area contributed by atoms with Crippen LogP contribution in [0, 0.1) is 0 Å². The lowest BCUT2D eigenvalue weighted by Crippen LogP contribution is -2.43. The molecule has 0 aliphatic heterocycles. The molecule has 0 saturated carbocycles. The van der Waals surface area contributed by atoms with Crippen molar-refractivity contribution in [2.24, 2.45) is 5.10 Å². The number of methoxy groups -OCH3 is 1. The molecule has 1 amide bonds. The summed E-state index contributed by atoms with van der Waals surface area (Å²) in [6.07, 6.45) is 0. The molecule has 1 aromatic heterocycles. The van der Waals surface area contributed by atoms with E-state index in [9.17, 15) is 24.0 Å². The van der Waals surface area contributed by atoms with Crippen LogP contribution in [0.3, 0.4) is 0 Å². The number of nitrogens with one attached hydrogen (secondary N) is 2. The minimum atomic E-state index is -1.68. The van der Waals surface area contributed by atoms with Gasteiger partial charge in [0.1, 0.15) is 22.1 Å². The zero-order valence-corrected chi connectivity index (χ0v) is 20.6. The Morgan fingerprint density at radius 3 is 2.30 bits per heavy atom. The molecule has 2 aromatic carbocycles. The Morgan fingerprint density at radius 1 is 1.03 bits per heavy atom. The lowest BCUT2D eigenvalue weighted by atomic mass is 9.92. The molecule has 1 unspecified atom stereocenters. The van der Waals surface area contributed by atoms with E-state index in [0.29, 0.717) is 11.0 Å². The summed E-state index contributed by atoms with van der Waals surface area (Å²) in [6.45, 7) is 0. The highest BCUT2D eigenvalue weighted by Gasteiger charge is 2.39. The summed E-state index contributed by atoms with van der Waals surface area (Å²) in [5, 5.41) is 7.14. The summed E-state index contributed by atoms with van der Waals surface area (Å²) in [6, 6.07) is 12.6. The quantitative estimate of drug-likeness (QED) is 0.283. The van der Waals surface area contributed by atoms with E-state index in [1.165, 1.54) is 31.2 Å². The van der Waals surface area contributed by atoms with Crippen LogP contribution in [0.2, 0.25) is 0 Å². The number of amides is 1. The molecule has 12 heteroatoms. The van der Waals surface area contributed by atoms with E-state index in [-0.39, 0.29) is 16.8 Å². The first-order chi connectivity index (χ1) is 17.6. The number of nitrogens with zero attached hydrogens (tertiary/aromatic N) is 3. The van der Waals surface area contributed by atoms with Crippen molar-refractivity contribution in [3.05, 3.63) is 86.4 Å². The highest BCUT2D eigenvalue weighted by molar-refractivity contribution is 6.51. The highest BCUT2D eigenvalue weighted by Crippen LogP contribution is 2.27. The van der Waals surface area contributed by atoms with Crippen LogP contribution in [-0.4, -0.2) is 65.3 Å². The van der Waals surface area contributed by atoms with Crippen molar-refractivity contribution >= 4 is 51.8 Å². The van der Waals surface area contributed by atoms with E-state index < -0.39 is 51.4 Å². The van der Waals surface area contributed by atoms with Crippen LogP contribution in [0.4, 0.5) is 0 Å². The largest absolute Gasteiger partial charge is 0.468 e. The first-order valence-electron chi connectivity index (χ1n) is 10.9. The van der Waals surface area contributed by atoms with Gasteiger partial charge < -0.3 is 20.0 Å². The molecule has 1 aliphatic rings. The third kappa shape index (κ3) is 4.76. The fraction of sp³-hybridized carbons (Fsp3) is 0.160. The van der Waals surface area contributed by atoms with Gasteiger partial charge in [0, 0.05) is 25.2 Å². The van der Waals surface area contributed by atoms with Crippen LogP contribution in [0.15, 0.2) is 69.2 Å². The lowest BCUT2D eigenvalue weighted by molar-refractivity contribution is -0.141. The SMILES string of the molecule is COC(=O)C(/C(=N/N(C)C)C(=O)NC1=C(Cl)C(=O)c2ccccc2C1=O)c1nc2ccccc2[nH]c1=O. The highest BCUT2D eigenvalue weighted by atomic mass is 35.5. The van der Waals surface area contributed by atoms with Gasteiger partial charge in [0.25, 0.3) is 11.5 Å². The van der Waals surface area contributed by atoms with Crippen LogP contribution in [-0.2, 0) is 14.3 Å². The number of ether oxygens (including phenoxy) is 1. The minimum absolute atomic E-state index is 0.0513. The third-order valence-corrected chi connectivity index (χ3v) is 5.81. The number of esters is 1. The fourth-order valence-corrected chi connectivity index (χ4v) is 4.03. The van der Waals surface area contributed by atoms with Crippen molar-refractivity contribution in [1.82, 2.24) is 20.3 Å². The Morgan fingerprint density at radius 2 is 1.65 bits per heavy atom. The van der Waals surface area contributed by atoms with Gasteiger partial charge in [0.2, 0.25) is 11.6 Å². The lowest BCUT2D eigenvalue weighted by Gasteiger charge is -2.21. The average Bonchev–Trinajstić information content (AvgIpc) is 2.89. The number of benzene rings is 2. The standard InChI is InChI=1S/C25H20ClN5O6/c1-31(2)30-19(16(25(36)37-3)18-23(34)28-15-11-7-6-10-14(15)27-18)24(35)29-20-17(26)21(32)12-8-4-5-9-13(12)22(20)33/h4-11,16H,1-3H3,(H,28,34)(H,29,35)/b30-19-. The first kappa shape index (κ1) is 25.5. The monoisotopic (exact) mass is 521 g/mol. The van der Waals surface area contributed by atoms with Crippen LogP contribution < -0.4 is 10.9 Å². The molecule has 1 heterocycles. The molecule has 4 rings (SSSR count). The topological polar surface area (TPSA) is 151 Å². The summed E-state index contributed by atoms with van der Waals surface area (Å²) in [5.41, 5.74) is -1.18. The van der Waals surface area contributed by atoms with Crippen molar-refractivity contribution in [2.75, 3.05) is 21.2 Å². The van der Waals surface area contributed by atoms with Crippen LogP contribution in [0.5, 0.6) is 0 Å². The number of halogens is 1. The number of fused-ring (bicyclic) bond motifs is 2. The maximum atomic E-state index is 13.5. The Balaban J connectivity index is 1.82. The molecule has 0 spiro atoms. The number of carbonyl (C=O) groups excluding carboxylic acids is 4. The van der Waals surface area contributed by atoms with Gasteiger partial charge in [0.15, 0.2) is 5.92 Å². The fourth-order valence-electron chi connectivity index (χ4n) is 3.79. The second-order valence-corrected chi connectivity index (χ2v) is 8.48. The van der Waals surface area contributed by atoms with Crippen molar-refractivity contribution in [3.8, 4) is 0 Å². The van der Waals surface area contributed by atoms with Crippen LogP contribution >= 0.6 is 11.6 Å². The number of Topliss-reactive ketones (excluding diaryl/α,β-unsaturated/α-hetero) is 2. The Labute approximate surface area is 214 Å². The summed E-state index contributed by atoms with van der Waals surface area (Å²) in [7, 11) is 4.05. The summed E-state index contributed by atoms with van der Waals surface area (Å²) < 4.78 is 4.87. The summed E-state index contributed by atoms with van der Waals surface area (Å²) >= 11 is 6.17. The number of rotatable bonds is 6. The van der Waals surface area contributed by atoms with Gasteiger partial charge in [-0.25, -0.2) is 4.98 Å². The Hall–Kier alpha value is -4.64. The summed E-state index contributed by atoms with van der Waals surface area (Å²) in [5.74, 6) is -5.10. The predicted molar refractivity (Wildman–Crippen MR) is 134 cm³/mol. The van der Waals surface area contributed by atoms with Gasteiger partial charge in [-0.15, -0.1) is 0 Å². The molecular weight excluding hydrogens is 502 g/mol. The van der Waals surface area contributed by atoms with Gasteiger partial charge >= 0.3 is 5.97 Å². The zero-order valence-electron chi connectivity index (χ0n) is 19.9. The number of para-hydroxylation sites is 2. The number of hydrazone groups is 1. The molecule has 2 N–H and O–H groups in total. The maximum Gasteiger partial charge on any atom is 0.321 e. The van der Waals surface area contributed by atoms with Crippen LogP contribution in [0.25, 0.3) is 11.0 Å². The molecule has 188 valence electrons. The molecule has 1 aliphatic carbocycles. The molecule has 3 aromatic rings. The van der Waals surface area contributed by atoms with E-state index in [0.717, 1.165) is 7.11 Å². The van der Waals surface area contributed by atoms with E-state index in [1.54, 1.807) is 36.4 Å². The zero-order chi connectivity index (χ0) is 26.9. The molecule has 0 saturated heterocycles. The first-order valence-corrected chi connectivity index (χ1v) is 11.2. The second kappa shape index (κ2) is 10.2. The molecule has 1 atom stereocenters. The molecular formula is C25H20ClN5O6. The Bertz CT molecular complexity index is 1590. The molecule has 0 radical (unpaired) electrons. The molecule has 0 bridgehead atoms. The van der Waals surface area contributed by atoms with Crippen molar-refractivity contribution in [3.63, 3.8) is 0 Å². The van der Waals surface area contributed by atoms with E-state index in [1.807, 2.05) is 0 Å². The molecule has 0 fully saturated rings. The number of hydrogen-bond donors (Lipinski definition) is 2.